The fraction of sp³-hybridized carbons (Fsp3) is 0.0492. The van der Waals surface area contributed by atoms with E-state index < -0.39 is 14.1 Å². The molecule has 9 heteroatoms. The molecule has 0 fully saturated rings. The van der Waals surface area contributed by atoms with Crippen molar-refractivity contribution in [3.8, 4) is 23.7 Å². The predicted octanol–water partition coefficient (Wildman–Crippen LogP) is 10.9. The molecular formula is C61H44N8Si. The van der Waals surface area contributed by atoms with Crippen LogP contribution < -0.4 is 25.6 Å². The van der Waals surface area contributed by atoms with Crippen molar-refractivity contribution in [3.63, 3.8) is 0 Å². The summed E-state index contributed by atoms with van der Waals surface area (Å²) in [5, 5.41) is 22.1. The normalized spacial score (nSPS) is 12.4. The number of anilines is 1. The highest BCUT2D eigenvalue weighted by Gasteiger charge is 2.42. The Morgan fingerprint density at radius 2 is 0.886 bits per heavy atom. The fourth-order valence-corrected chi connectivity index (χ4v) is 15.8. The molecule has 1 atom stereocenters. The molecule has 0 N–H and O–H groups in total. The van der Waals surface area contributed by atoms with Crippen LogP contribution in [0, 0.1) is 11.3 Å². The first kappa shape index (κ1) is 41.1. The van der Waals surface area contributed by atoms with Crippen LogP contribution in [0.3, 0.4) is 0 Å². The Balaban J connectivity index is 1.17. The lowest BCUT2D eigenvalue weighted by molar-refractivity contribution is 0.773. The molecule has 4 heterocycles. The van der Waals surface area contributed by atoms with Crippen LogP contribution in [0.2, 0.25) is 0 Å². The van der Waals surface area contributed by atoms with E-state index in [2.05, 4.69) is 232 Å². The molecule has 70 heavy (non-hydrogen) atoms. The zero-order valence-electron chi connectivity index (χ0n) is 38.5. The molecule has 1 unspecified atom stereocenters. The lowest BCUT2D eigenvalue weighted by atomic mass is 10.1. The molecule has 0 radical (unpaired) electrons. The van der Waals surface area contributed by atoms with Crippen molar-refractivity contribution in [2.75, 3.05) is 11.9 Å². The van der Waals surface area contributed by atoms with Crippen molar-refractivity contribution in [3.05, 3.63) is 224 Å². The maximum Gasteiger partial charge on any atom is 0.241 e. The van der Waals surface area contributed by atoms with Crippen molar-refractivity contribution in [1.29, 1.82) is 5.26 Å². The van der Waals surface area contributed by atoms with Gasteiger partial charge >= 0.3 is 0 Å². The van der Waals surface area contributed by atoms with Gasteiger partial charge in [-0.2, -0.15) is 20.2 Å². The smallest absolute Gasteiger partial charge is 0.241 e. The summed E-state index contributed by atoms with van der Waals surface area (Å²) >= 11 is 0. The van der Waals surface area contributed by atoms with Crippen LogP contribution in [0.25, 0.3) is 83.0 Å². The standard InChI is InChI=1S/C61H44N8Si/c1-41(40-62)66(2)59-63-60(68-52-32-18-15-29-47(52)48-30-16-19-33-53(48)68)65-61(64-59)69-54-34-20-17-31-49(54)50-37-38-55-57(58(50)69)51-36-35-46(39-56(51)67(55)42-21-7-3-8-22-42)70(43-23-9-4-10-24-43,44-25-11-5-12-26-44)45-27-13-6-14-28-45/h3-39,41H,1-2H3. The number of para-hydroxylation sites is 4. The number of hydrogen-bond donors (Lipinski definition) is 0. The third kappa shape index (κ3) is 6.10. The van der Waals surface area contributed by atoms with E-state index in [9.17, 15) is 5.26 Å². The van der Waals surface area contributed by atoms with E-state index in [-0.39, 0.29) is 0 Å². The predicted molar refractivity (Wildman–Crippen MR) is 290 cm³/mol. The van der Waals surface area contributed by atoms with Gasteiger partial charge in [-0.05, 0) is 70.1 Å². The van der Waals surface area contributed by atoms with E-state index in [0.29, 0.717) is 17.8 Å². The van der Waals surface area contributed by atoms with Gasteiger partial charge in [0, 0.05) is 45.1 Å². The van der Waals surface area contributed by atoms with Crippen LogP contribution in [0.5, 0.6) is 0 Å². The van der Waals surface area contributed by atoms with Crippen molar-refractivity contribution < 1.29 is 0 Å². The number of nitriles is 1. The Morgan fingerprint density at radius 3 is 1.43 bits per heavy atom. The van der Waals surface area contributed by atoms with Gasteiger partial charge in [-0.15, -0.1) is 0 Å². The van der Waals surface area contributed by atoms with Crippen LogP contribution in [-0.2, 0) is 0 Å². The Morgan fingerprint density at radius 1 is 0.429 bits per heavy atom. The maximum atomic E-state index is 10.2. The van der Waals surface area contributed by atoms with E-state index in [1.54, 1.807) is 0 Å². The van der Waals surface area contributed by atoms with Gasteiger partial charge in [-0.3, -0.25) is 9.13 Å². The average Bonchev–Trinajstić information content (AvgIpc) is 4.07. The Hall–Kier alpha value is -9.10. The molecule has 0 aliphatic heterocycles. The van der Waals surface area contributed by atoms with Crippen molar-refractivity contribution in [2.45, 2.75) is 13.0 Å². The van der Waals surface area contributed by atoms with E-state index in [4.69, 9.17) is 15.0 Å². The van der Waals surface area contributed by atoms with Crippen LogP contribution in [0.1, 0.15) is 6.92 Å². The molecule has 0 saturated carbocycles. The second kappa shape index (κ2) is 16.3. The third-order valence-corrected chi connectivity index (χ3v) is 19.1. The van der Waals surface area contributed by atoms with Crippen LogP contribution in [0.4, 0.5) is 5.95 Å². The second-order valence-corrected chi connectivity index (χ2v) is 21.8. The average molecular weight is 917 g/mol. The highest BCUT2D eigenvalue weighted by molar-refractivity contribution is 7.20. The van der Waals surface area contributed by atoms with Crippen molar-refractivity contribution in [2.24, 2.45) is 0 Å². The summed E-state index contributed by atoms with van der Waals surface area (Å²) < 4.78 is 6.78. The van der Waals surface area contributed by atoms with Gasteiger partial charge in [0.15, 0.2) is 8.07 Å². The molecule has 0 aliphatic carbocycles. The minimum atomic E-state index is -2.91. The van der Waals surface area contributed by atoms with Gasteiger partial charge in [0.05, 0.1) is 39.2 Å². The topological polar surface area (TPSA) is 80.5 Å². The number of hydrogen-bond acceptors (Lipinski definition) is 5. The number of aromatic nitrogens is 6. The first-order valence-electron chi connectivity index (χ1n) is 23.6. The lowest BCUT2D eigenvalue weighted by Gasteiger charge is -2.34. The summed E-state index contributed by atoms with van der Waals surface area (Å²) in [7, 11) is -1.03. The molecule has 9 aromatic carbocycles. The SMILES string of the molecule is CC(C#N)N(C)c1nc(-n2c3ccccc3c3ccccc32)nc(-n2c3ccccc3c3ccc4c(c5ccc([Si](c6ccccc6)(c6ccccc6)c6ccccc6)cc5n4-c4ccccc4)c32)n1. The number of fused-ring (bicyclic) bond motifs is 10. The molecule has 0 amide bonds. The summed E-state index contributed by atoms with van der Waals surface area (Å²) in [6.45, 7) is 1.87. The van der Waals surface area contributed by atoms with Gasteiger partial charge in [-0.25, -0.2) is 0 Å². The molecule has 8 nitrogen and oxygen atoms in total. The quantitative estimate of drug-likeness (QED) is 0.106. The van der Waals surface area contributed by atoms with Gasteiger partial charge < -0.3 is 9.47 Å². The maximum absolute atomic E-state index is 10.2. The monoisotopic (exact) mass is 916 g/mol. The van der Waals surface area contributed by atoms with E-state index in [1.165, 1.54) is 20.7 Å². The van der Waals surface area contributed by atoms with Gasteiger partial charge in [0.1, 0.15) is 6.04 Å². The molecule has 332 valence electrons. The summed E-state index contributed by atoms with van der Waals surface area (Å²) in [5.41, 5.74) is 7.15. The molecule has 13 rings (SSSR count). The molecule has 0 spiro atoms. The first-order chi connectivity index (χ1) is 34.5. The van der Waals surface area contributed by atoms with E-state index in [0.717, 1.165) is 71.1 Å². The Kier molecular flexibility index (Phi) is 9.57. The van der Waals surface area contributed by atoms with Gasteiger partial charge in [-0.1, -0.05) is 182 Å². The zero-order valence-corrected chi connectivity index (χ0v) is 39.5. The van der Waals surface area contributed by atoms with Crippen LogP contribution >= 0.6 is 0 Å². The fourth-order valence-electron chi connectivity index (χ4n) is 11.0. The molecule has 0 bridgehead atoms. The lowest BCUT2D eigenvalue weighted by Crippen LogP contribution is -2.74. The molecule has 0 saturated heterocycles. The summed E-state index contributed by atoms with van der Waals surface area (Å²) in [6.07, 6.45) is 0. The van der Waals surface area contributed by atoms with E-state index in [1.807, 2.05) is 31.0 Å². The van der Waals surface area contributed by atoms with Crippen molar-refractivity contribution in [1.82, 2.24) is 28.7 Å². The molecule has 13 aromatic rings. The number of nitrogens with zero attached hydrogens (tertiary/aromatic N) is 8. The summed E-state index contributed by atoms with van der Waals surface area (Å²) in [4.78, 5) is 17.8. The minimum absolute atomic E-state index is 0.398. The minimum Gasteiger partial charge on any atom is -0.328 e. The molecular weight excluding hydrogens is 873 g/mol. The van der Waals surface area contributed by atoms with Crippen LogP contribution in [-0.4, -0.2) is 49.8 Å². The number of benzene rings is 9. The van der Waals surface area contributed by atoms with Crippen molar-refractivity contribution >= 4 is 100 Å². The largest absolute Gasteiger partial charge is 0.328 e. The number of rotatable bonds is 9. The summed E-state index contributed by atoms with van der Waals surface area (Å²) in [5.74, 6) is 1.32. The van der Waals surface area contributed by atoms with Gasteiger partial charge in [0.2, 0.25) is 17.8 Å². The van der Waals surface area contributed by atoms with Gasteiger partial charge in [0.25, 0.3) is 0 Å². The third-order valence-electron chi connectivity index (χ3n) is 14.3. The first-order valence-corrected chi connectivity index (χ1v) is 25.6. The summed E-state index contributed by atoms with van der Waals surface area (Å²) in [6, 6.07) is 82.9. The highest BCUT2D eigenvalue weighted by Crippen LogP contribution is 2.42. The highest BCUT2D eigenvalue weighted by atomic mass is 28.3. The van der Waals surface area contributed by atoms with E-state index >= 15 is 0 Å². The Bertz CT molecular complexity index is 4020. The molecule has 0 aliphatic rings. The zero-order chi connectivity index (χ0) is 46.9. The Labute approximate surface area is 405 Å². The second-order valence-electron chi connectivity index (χ2n) is 18.0. The van der Waals surface area contributed by atoms with Crippen LogP contribution in [0.15, 0.2) is 224 Å². The molecule has 4 aromatic heterocycles.